The summed E-state index contributed by atoms with van der Waals surface area (Å²) >= 11 is 0. The fourth-order valence-electron chi connectivity index (χ4n) is 8.89. The van der Waals surface area contributed by atoms with Gasteiger partial charge in [0.25, 0.3) is 0 Å². The van der Waals surface area contributed by atoms with Gasteiger partial charge < -0.3 is 9.88 Å². The highest BCUT2D eigenvalue weighted by atomic mass is 16.2. The second kappa shape index (κ2) is 13.0. The van der Waals surface area contributed by atoms with Crippen LogP contribution in [0.5, 0.6) is 0 Å². The predicted molar refractivity (Wildman–Crippen MR) is 196 cm³/mol. The highest BCUT2D eigenvalue weighted by Gasteiger charge is 2.41. The SMILES string of the molecule is CCc1cc2c(cc1N1CCC(N3CCN(Cc4ccc(C5CCC(=O)NC5=O)cn4)CC3)CC1)C(C)(C)c1[nH]c3cc(C#N)ccc3c1C2=O. The summed E-state index contributed by atoms with van der Waals surface area (Å²) in [5.74, 6) is -0.657. The number of carbonyl (C=O) groups excluding carboxylic acids is 3. The smallest absolute Gasteiger partial charge is 0.234 e. The van der Waals surface area contributed by atoms with Gasteiger partial charge in [-0.05, 0) is 72.7 Å². The van der Waals surface area contributed by atoms with Crippen LogP contribution in [-0.4, -0.2) is 82.7 Å². The van der Waals surface area contributed by atoms with E-state index in [1.54, 1.807) is 12.3 Å². The molecule has 3 aliphatic heterocycles. The van der Waals surface area contributed by atoms with E-state index in [0.717, 1.165) is 110 Å². The number of ketones is 1. The van der Waals surface area contributed by atoms with Crippen molar-refractivity contribution in [2.75, 3.05) is 44.2 Å². The number of nitrogens with zero attached hydrogens (tertiary/aromatic N) is 5. The second-order valence-electron chi connectivity index (χ2n) is 15.2. The quantitative estimate of drug-likeness (QED) is 0.267. The number of rotatable bonds is 6. The number of benzene rings is 2. The second-order valence-corrected chi connectivity index (χ2v) is 15.2. The largest absolute Gasteiger partial charge is 0.371 e. The van der Waals surface area contributed by atoms with E-state index < -0.39 is 5.41 Å². The molecule has 2 aromatic carbocycles. The number of aromatic amines is 1. The summed E-state index contributed by atoms with van der Waals surface area (Å²) in [5, 5.41) is 12.8. The summed E-state index contributed by atoms with van der Waals surface area (Å²) in [7, 11) is 0. The number of carbonyl (C=O) groups is 3. The van der Waals surface area contributed by atoms with Crippen molar-refractivity contribution in [3.05, 3.63) is 93.4 Å². The van der Waals surface area contributed by atoms with Crippen molar-refractivity contribution in [1.29, 1.82) is 5.26 Å². The molecule has 1 unspecified atom stereocenters. The lowest BCUT2D eigenvalue weighted by Gasteiger charge is -2.44. The van der Waals surface area contributed by atoms with Crippen LogP contribution in [0.4, 0.5) is 5.69 Å². The summed E-state index contributed by atoms with van der Waals surface area (Å²) < 4.78 is 0. The van der Waals surface area contributed by atoms with Gasteiger partial charge in [-0.25, -0.2) is 0 Å². The number of hydrogen-bond acceptors (Lipinski definition) is 8. The Balaban J connectivity index is 0.905. The molecule has 1 aliphatic carbocycles. The van der Waals surface area contributed by atoms with Crippen LogP contribution < -0.4 is 10.2 Å². The minimum absolute atomic E-state index is 0.0643. The van der Waals surface area contributed by atoms with Gasteiger partial charge in [0.05, 0.1) is 28.8 Å². The van der Waals surface area contributed by atoms with Crippen molar-refractivity contribution < 1.29 is 14.4 Å². The molecule has 10 heteroatoms. The van der Waals surface area contributed by atoms with E-state index in [2.05, 4.69) is 69.0 Å². The zero-order chi connectivity index (χ0) is 35.4. The maximum absolute atomic E-state index is 14.1. The van der Waals surface area contributed by atoms with Gasteiger partial charge in [0.2, 0.25) is 11.8 Å². The Morgan fingerprint density at radius 1 is 0.961 bits per heavy atom. The lowest BCUT2D eigenvalue weighted by atomic mass is 9.70. The Hall–Kier alpha value is -4.85. The third-order valence-electron chi connectivity index (χ3n) is 11.9. The first kappa shape index (κ1) is 33.3. The highest BCUT2D eigenvalue weighted by molar-refractivity contribution is 6.20. The predicted octanol–water partition coefficient (Wildman–Crippen LogP) is 5.17. The fourth-order valence-corrected chi connectivity index (χ4v) is 8.89. The number of aromatic nitrogens is 2. The number of H-pyrrole nitrogens is 1. The molecule has 0 bridgehead atoms. The van der Waals surface area contributed by atoms with Crippen molar-refractivity contribution in [2.45, 2.75) is 76.8 Å². The van der Waals surface area contributed by atoms with Gasteiger partial charge in [-0.1, -0.05) is 32.9 Å². The Bertz CT molecular complexity index is 2080. The number of amides is 2. The number of piperazine rings is 1. The third kappa shape index (κ3) is 5.92. The van der Waals surface area contributed by atoms with E-state index in [-0.39, 0.29) is 23.5 Å². The van der Waals surface area contributed by atoms with Gasteiger partial charge in [0.15, 0.2) is 5.78 Å². The summed E-state index contributed by atoms with van der Waals surface area (Å²) in [6.07, 6.45) is 5.79. The molecular formula is C41H45N7O3. The zero-order valence-electron chi connectivity index (χ0n) is 29.7. The van der Waals surface area contributed by atoms with Gasteiger partial charge in [-0.3, -0.25) is 34.5 Å². The first-order chi connectivity index (χ1) is 24.6. The molecule has 4 aliphatic rings. The molecule has 10 nitrogen and oxygen atoms in total. The van der Waals surface area contributed by atoms with Crippen LogP contribution in [0.25, 0.3) is 10.9 Å². The standard InChI is InChI=1S/C41H45N7O3/c1-4-26-20-32-33(41(2,3)39-37(38(32)50)31-8-5-25(22-42)19-34(31)44-39)21-35(26)48-13-11-29(12-14-48)47-17-15-46(16-18-47)24-28-7-6-27(23-43-28)30-9-10-36(49)45-40(30)51/h5-8,19-21,23,29-30,44H,4,9-18,24H2,1-3H3,(H,45,49,51). The Kier molecular flexibility index (Phi) is 8.52. The molecule has 2 aromatic heterocycles. The van der Waals surface area contributed by atoms with Gasteiger partial charge >= 0.3 is 0 Å². The minimum atomic E-state index is -0.394. The number of piperidine rings is 2. The number of fused-ring (bicyclic) bond motifs is 4. The Morgan fingerprint density at radius 2 is 1.75 bits per heavy atom. The number of nitrogens with one attached hydrogen (secondary N) is 2. The number of anilines is 1. The minimum Gasteiger partial charge on any atom is -0.371 e. The normalized spacial score (nSPS) is 21.3. The van der Waals surface area contributed by atoms with Crippen LogP contribution in [-0.2, 0) is 28.0 Å². The van der Waals surface area contributed by atoms with Gasteiger partial charge in [-0.15, -0.1) is 0 Å². The van der Waals surface area contributed by atoms with Crippen LogP contribution in [0.1, 0.15) is 102 Å². The van der Waals surface area contributed by atoms with Crippen LogP contribution in [0.15, 0.2) is 48.7 Å². The molecule has 0 saturated carbocycles. The fraction of sp³-hybridized carbons (Fsp3) is 0.439. The molecule has 51 heavy (non-hydrogen) atoms. The summed E-state index contributed by atoms with van der Waals surface area (Å²) in [6, 6.07) is 16.8. The highest BCUT2D eigenvalue weighted by Crippen LogP contribution is 2.46. The molecular weight excluding hydrogens is 638 g/mol. The molecule has 2 N–H and O–H groups in total. The average molecular weight is 684 g/mol. The molecule has 3 fully saturated rings. The van der Waals surface area contributed by atoms with E-state index in [9.17, 15) is 19.6 Å². The maximum Gasteiger partial charge on any atom is 0.234 e. The number of hydrogen-bond donors (Lipinski definition) is 2. The van der Waals surface area contributed by atoms with E-state index >= 15 is 0 Å². The van der Waals surface area contributed by atoms with Crippen molar-refractivity contribution in [3.8, 4) is 6.07 Å². The van der Waals surface area contributed by atoms with Crippen LogP contribution in [0.2, 0.25) is 0 Å². The van der Waals surface area contributed by atoms with E-state index in [4.69, 9.17) is 0 Å². The first-order valence-electron chi connectivity index (χ1n) is 18.4. The number of aryl methyl sites for hydroxylation is 1. The topological polar surface area (TPSA) is 125 Å². The zero-order valence-corrected chi connectivity index (χ0v) is 29.7. The molecule has 3 saturated heterocycles. The molecule has 8 rings (SSSR count). The van der Waals surface area contributed by atoms with Crippen LogP contribution >= 0.6 is 0 Å². The van der Waals surface area contributed by atoms with E-state index in [0.29, 0.717) is 24.4 Å². The number of pyridine rings is 1. The van der Waals surface area contributed by atoms with E-state index in [1.807, 2.05) is 24.3 Å². The van der Waals surface area contributed by atoms with Crippen molar-refractivity contribution in [1.82, 2.24) is 25.1 Å². The van der Waals surface area contributed by atoms with Crippen molar-refractivity contribution >= 4 is 34.2 Å². The Labute approximate surface area is 298 Å². The van der Waals surface area contributed by atoms with Crippen molar-refractivity contribution in [3.63, 3.8) is 0 Å². The molecule has 262 valence electrons. The average Bonchev–Trinajstić information content (AvgIpc) is 3.55. The molecule has 4 aromatic rings. The number of nitriles is 1. The molecule has 5 heterocycles. The maximum atomic E-state index is 14.1. The lowest BCUT2D eigenvalue weighted by Crippen LogP contribution is -2.53. The Morgan fingerprint density at radius 3 is 2.43 bits per heavy atom. The van der Waals surface area contributed by atoms with E-state index in [1.165, 1.54) is 11.3 Å². The lowest BCUT2D eigenvalue weighted by molar-refractivity contribution is -0.134. The van der Waals surface area contributed by atoms with Crippen LogP contribution in [0, 0.1) is 11.3 Å². The van der Waals surface area contributed by atoms with Crippen LogP contribution in [0.3, 0.4) is 0 Å². The molecule has 2 amide bonds. The summed E-state index contributed by atoms with van der Waals surface area (Å²) in [6.45, 7) is 13.4. The number of imide groups is 1. The monoisotopic (exact) mass is 683 g/mol. The van der Waals surface area contributed by atoms with Gasteiger partial charge in [-0.2, -0.15) is 5.26 Å². The summed E-state index contributed by atoms with van der Waals surface area (Å²) in [5.41, 5.74) is 8.91. The third-order valence-corrected chi connectivity index (χ3v) is 11.9. The van der Waals surface area contributed by atoms with Crippen molar-refractivity contribution in [2.24, 2.45) is 0 Å². The molecule has 1 atom stereocenters. The molecule has 0 spiro atoms. The van der Waals surface area contributed by atoms with Gasteiger partial charge in [0.1, 0.15) is 0 Å². The first-order valence-corrected chi connectivity index (χ1v) is 18.4. The van der Waals surface area contributed by atoms with Gasteiger partial charge in [0, 0.05) is 97.7 Å². The molecule has 0 radical (unpaired) electrons. The summed E-state index contributed by atoms with van der Waals surface area (Å²) in [4.78, 5) is 53.7.